The number of rotatable bonds is 4. The predicted molar refractivity (Wildman–Crippen MR) is 74.5 cm³/mol. The zero-order valence-corrected chi connectivity index (χ0v) is 12.5. The van der Waals surface area contributed by atoms with Crippen molar-refractivity contribution >= 4 is 5.91 Å². The summed E-state index contributed by atoms with van der Waals surface area (Å²) in [7, 11) is 0. The lowest BCUT2D eigenvalue weighted by atomic mass is 10.2. The van der Waals surface area contributed by atoms with Crippen LogP contribution in [-0.4, -0.2) is 63.2 Å². The molecular formula is C14H22N4O3. The Kier molecular flexibility index (Phi) is 3.95. The number of piperazine rings is 1. The van der Waals surface area contributed by atoms with E-state index in [1.165, 1.54) is 6.92 Å². The summed E-state index contributed by atoms with van der Waals surface area (Å²) in [5.74, 6) is 1.79. The van der Waals surface area contributed by atoms with E-state index in [0.29, 0.717) is 24.9 Å². The molecule has 0 aromatic carbocycles. The topological polar surface area (TPSA) is 82.7 Å². The first kappa shape index (κ1) is 14.5. The SMILES string of the molecule is CC(O)C(=O)N1CCN(C(C)c2nc(C3CC3)no2)CC1. The standard InChI is InChI=1S/C14H22N4O3/c1-9(13-15-12(16-21-13)11-3-4-11)17-5-7-18(8-6-17)14(20)10(2)19/h9-11,19H,3-8H2,1-2H3. The molecule has 2 unspecified atom stereocenters. The maximum Gasteiger partial charge on any atom is 0.251 e. The first-order valence-electron chi connectivity index (χ1n) is 7.60. The summed E-state index contributed by atoms with van der Waals surface area (Å²) in [5, 5.41) is 13.4. The lowest BCUT2D eigenvalue weighted by Crippen LogP contribution is -2.51. The van der Waals surface area contributed by atoms with Crippen molar-refractivity contribution in [3.63, 3.8) is 0 Å². The molecule has 21 heavy (non-hydrogen) atoms. The summed E-state index contributed by atoms with van der Waals surface area (Å²) >= 11 is 0. The van der Waals surface area contributed by atoms with Gasteiger partial charge in [-0.1, -0.05) is 5.16 Å². The van der Waals surface area contributed by atoms with Gasteiger partial charge < -0.3 is 14.5 Å². The van der Waals surface area contributed by atoms with Crippen molar-refractivity contribution in [2.75, 3.05) is 26.2 Å². The monoisotopic (exact) mass is 294 g/mol. The molecule has 1 aromatic rings. The quantitative estimate of drug-likeness (QED) is 0.872. The van der Waals surface area contributed by atoms with Gasteiger partial charge in [0.2, 0.25) is 5.89 Å². The van der Waals surface area contributed by atoms with Crippen LogP contribution in [0.2, 0.25) is 0 Å². The number of amides is 1. The summed E-state index contributed by atoms with van der Waals surface area (Å²) in [5.41, 5.74) is 0. The fourth-order valence-electron chi connectivity index (χ4n) is 2.67. The molecule has 1 N–H and O–H groups in total. The molecule has 2 heterocycles. The lowest BCUT2D eigenvalue weighted by molar-refractivity contribution is -0.141. The van der Waals surface area contributed by atoms with E-state index in [1.807, 2.05) is 0 Å². The molecule has 1 aromatic heterocycles. The summed E-state index contributed by atoms with van der Waals surface area (Å²) in [6, 6.07) is 0.0637. The van der Waals surface area contributed by atoms with Gasteiger partial charge in [0, 0.05) is 32.1 Å². The van der Waals surface area contributed by atoms with E-state index in [1.54, 1.807) is 4.90 Å². The Morgan fingerprint density at radius 2 is 1.95 bits per heavy atom. The van der Waals surface area contributed by atoms with E-state index in [2.05, 4.69) is 22.0 Å². The van der Waals surface area contributed by atoms with Crippen LogP contribution in [-0.2, 0) is 4.79 Å². The fraction of sp³-hybridized carbons (Fsp3) is 0.786. The van der Waals surface area contributed by atoms with E-state index in [9.17, 15) is 9.90 Å². The molecular weight excluding hydrogens is 272 g/mol. The van der Waals surface area contributed by atoms with Crippen LogP contribution in [0, 0.1) is 0 Å². The van der Waals surface area contributed by atoms with Crippen LogP contribution in [0.15, 0.2) is 4.52 Å². The Balaban J connectivity index is 1.56. The van der Waals surface area contributed by atoms with Crippen molar-refractivity contribution in [1.82, 2.24) is 19.9 Å². The van der Waals surface area contributed by atoms with Crippen molar-refractivity contribution in [3.05, 3.63) is 11.7 Å². The average molecular weight is 294 g/mol. The minimum Gasteiger partial charge on any atom is -0.384 e. The molecule has 0 spiro atoms. The van der Waals surface area contributed by atoms with Crippen LogP contribution in [0.5, 0.6) is 0 Å². The van der Waals surface area contributed by atoms with E-state index in [0.717, 1.165) is 31.8 Å². The highest BCUT2D eigenvalue weighted by Crippen LogP contribution is 2.38. The number of carbonyl (C=O) groups excluding carboxylic acids is 1. The maximum absolute atomic E-state index is 11.7. The summed E-state index contributed by atoms with van der Waals surface area (Å²) < 4.78 is 5.37. The van der Waals surface area contributed by atoms with Crippen molar-refractivity contribution < 1.29 is 14.4 Å². The van der Waals surface area contributed by atoms with Gasteiger partial charge in [-0.2, -0.15) is 4.98 Å². The zero-order chi connectivity index (χ0) is 15.0. The van der Waals surface area contributed by atoms with E-state index in [4.69, 9.17) is 4.52 Å². The Hall–Kier alpha value is -1.47. The molecule has 1 saturated heterocycles. The predicted octanol–water partition coefficient (Wildman–Crippen LogP) is 0.533. The van der Waals surface area contributed by atoms with E-state index >= 15 is 0 Å². The third-order valence-electron chi connectivity index (χ3n) is 4.29. The molecule has 1 aliphatic heterocycles. The van der Waals surface area contributed by atoms with Crippen molar-refractivity contribution in [1.29, 1.82) is 0 Å². The van der Waals surface area contributed by atoms with Crippen molar-refractivity contribution in [2.45, 2.75) is 44.8 Å². The Morgan fingerprint density at radius 3 is 2.52 bits per heavy atom. The smallest absolute Gasteiger partial charge is 0.251 e. The van der Waals surface area contributed by atoms with Gasteiger partial charge >= 0.3 is 0 Å². The first-order chi connectivity index (χ1) is 10.1. The van der Waals surface area contributed by atoms with Crippen molar-refractivity contribution in [2.24, 2.45) is 0 Å². The maximum atomic E-state index is 11.7. The molecule has 2 atom stereocenters. The third-order valence-corrected chi connectivity index (χ3v) is 4.29. The van der Waals surface area contributed by atoms with E-state index in [-0.39, 0.29) is 11.9 Å². The van der Waals surface area contributed by atoms with Gasteiger partial charge in [-0.3, -0.25) is 9.69 Å². The van der Waals surface area contributed by atoms with E-state index < -0.39 is 6.10 Å². The Morgan fingerprint density at radius 1 is 1.29 bits per heavy atom. The first-order valence-corrected chi connectivity index (χ1v) is 7.60. The van der Waals surface area contributed by atoms with Gasteiger partial charge in [0.15, 0.2) is 5.82 Å². The number of aliphatic hydroxyl groups excluding tert-OH is 1. The molecule has 0 radical (unpaired) electrons. The number of hydrogen-bond acceptors (Lipinski definition) is 6. The number of aliphatic hydroxyl groups is 1. The minimum absolute atomic E-state index is 0.0637. The van der Waals surface area contributed by atoms with Gasteiger partial charge in [0.1, 0.15) is 6.10 Å². The van der Waals surface area contributed by atoms with Gasteiger partial charge in [-0.15, -0.1) is 0 Å². The molecule has 7 heteroatoms. The molecule has 116 valence electrons. The average Bonchev–Trinajstić information content (AvgIpc) is 3.23. The van der Waals surface area contributed by atoms with Gasteiger partial charge in [0.25, 0.3) is 5.91 Å². The number of aromatic nitrogens is 2. The molecule has 2 fully saturated rings. The zero-order valence-electron chi connectivity index (χ0n) is 12.5. The summed E-state index contributed by atoms with van der Waals surface area (Å²) in [4.78, 5) is 20.2. The lowest BCUT2D eigenvalue weighted by Gasteiger charge is -2.37. The summed E-state index contributed by atoms with van der Waals surface area (Å²) in [6.07, 6.45) is 1.40. The Bertz CT molecular complexity index is 504. The van der Waals surface area contributed by atoms with Crippen LogP contribution in [0.25, 0.3) is 0 Å². The van der Waals surface area contributed by atoms with Crippen LogP contribution >= 0.6 is 0 Å². The van der Waals surface area contributed by atoms with Gasteiger partial charge in [0.05, 0.1) is 6.04 Å². The Labute approximate surface area is 123 Å². The van der Waals surface area contributed by atoms with Crippen LogP contribution in [0.3, 0.4) is 0 Å². The molecule has 7 nitrogen and oxygen atoms in total. The molecule has 0 bridgehead atoms. The third kappa shape index (κ3) is 3.08. The minimum atomic E-state index is -0.925. The van der Waals surface area contributed by atoms with Crippen LogP contribution in [0.1, 0.15) is 50.4 Å². The normalized spacial score (nSPS) is 23.1. The highest BCUT2D eigenvalue weighted by molar-refractivity contribution is 5.80. The second-order valence-corrected chi connectivity index (χ2v) is 5.98. The van der Waals surface area contributed by atoms with Crippen molar-refractivity contribution in [3.8, 4) is 0 Å². The second kappa shape index (κ2) is 5.73. The van der Waals surface area contributed by atoms with Gasteiger partial charge in [-0.25, -0.2) is 0 Å². The van der Waals surface area contributed by atoms with Gasteiger partial charge in [-0.05, 0) is 26.7 Å². The fourth-order valence-corrected chi connectivity index (χ4v) is 2.67. The number of nitrogens with zero attached hydrogens (tertiary/aromatic N) is 4. The number of hydrogen-bond donors (Lipinski definition) is 1. The van der Waals surface area contributed by atoms with Crippen LogP contribution in [0.4, 0.5) is 0 Å². The largest absolute Gasteiger partial charge is 0.384 e. The molecule has 3 rings (SSSR count). The van der Waals surface area contributed by atoms with Crippen LogP contribution < -0.4 is 0 Å². The molecule has 2 aliphatic rings. The molecule has 1 saturated carbocycles. The summed E-state index contributed by atoms with van der Waals surface area (Å²) in [6.45, 7) is 6.31. The highest BCUT2D eigenvalue weighted by atomic mass is 16.5. The second-order valence-electron chi connectivity index (χ2n) is 5.98. The highest BCUT2D eigenvalue weighted by Gasteiger charge is 2.32. The molecule has 1 amide bonds. The molecule has 1 aliphatic carbocycles. The number of carbonyl (C=O) groups is 1.